The van der Waals surface area contributed by atoms with E-state index < -0.39 is 20.6 Å². The molecule has 10 heteroatoms. The Bertz CT molecular complexity index is 1130. The molecule has 0 radical (unpaired) electrons. The zero-order chi connectivity index (χ0) is 24.4. The number of amides is 1. The van der Waals surface area contributed by atoms with Gasteiger partial charge in [0.05, 0.1) is 17.7 Å². The molecular weight excluding hydrogens is 447 g/mol. The molecule has 1 amide bonds. The summed E-state index contributed by atoms with van der Waals surface area (Å²) in [7, 11) is -3.95. The molecule has 1 fully saturated rings. The van der Waals surface area contributed by atoms with Gasteiger partial charge in [-0.15, -0.1) is 0 Å². The van der Waals surface area contributed by atoms with Crippen LogP contribution in [0.4, 0.5) is 10.1 Å². The van der Waals surface area contributed by atoms with E-state index in [1.54, 1.807) is 17.0 Å². The second-order valence-electron chi connectivity index (χ2n) is 8.97. The fraction of sp³-hybridized carbons (Fsp3) is 0.478. The number of rotatable bonds is 6. The van der Waals surface area contributed by atoms with Crippen LogP contribution >= 0.6 is 0 Å². The highest BCUT2D eigenvalue weighted by atomic mass is 32.2. The van der Waals surface area contributed by atoms with Crippen molar-refractivity contribution in [2.24, 2.45) is 11.1 Å². The first-order chi connectivity index (χ1) is 15.4. The quantitative estimate of drug-likeness (QED) is 0.673. The van der Waals surface area contributed by atoms with E-state index >= 15 is 0 Å². The first-order valence-corrected chi connectivity index (χ1v) is 12.3. The Balaban J connectivity index is 1.78. The van der Waals surface area contributed by atoms with E-state index in [0.29, 0.717) is 44.2 Å². The van der Waals surface area contributed by atoms with Crippen molar-refractivity contribution in [2.75, 3.05) is 37.7 Å². The molecule has 1 aliphatic heterocycles. The van der Waals surface area contributed by atoms with Gasteiger partial charge in [-0.3, -0.25) is 4.79 Å². The molecule has 0 bridgehead atoms. The van der Waals surface area contributed by atoms with Gasteiger partial charge in [-0.05, 0) is 37.1 Å². The Labute approximate surface area is 194 Å². The summed E-state index contributed by atoms with van der Waals surface area (Å²) in [6, 6.07) is 6.24. The molecule has 1 unspecified atom stereocenters. The number of nitrogens with zero attached hydrogens (tertiary/aromatic N) is 3. The van der Waals surface area contributed by atoms with Crippen LogP contribution < -0.4 is 10.0 Å². The largest absolute Gasteiger partial charge is 0.493 e. The van der Waals surface area contributed by atoms with Gasteiger partial charge >= 0.3 is 0 Å². The summed E-state index contributed by atoms with van der Waals surface area (Å²) in [6.45, 7) is 7.52. The van der Waals surface area contributed by atoms with Crippen LogP contribution in [0.25, 0.3) is 0 Å². The Hall–Kier alpha value is -2.90. The van der Waals surface area contributed by atoms with Crippen molar-refractivity contribution >= 4 is 21.6 Å². The molecule has 1 aliphatic carbocycles. The van der Waals surface area contributed by atoms with E-state index in [1.807, 2.05) is 18.7 Å². The minimum Gasteiger partial charge on any atom is -0.493 e. The molecule has 1 aromatic carbocycles. The maximum absolute atomic E-state index is 14.0. The second-order valence-corrected chi connectivity index (χ2v) is 11.0. The van der Waals surface area contributed by atoms with Crippen molar-refractivity contribution in [1.82, 2.24) is 4.90 Å². The summed E-state index contributed by atoms with van der Waals surface area (Å²) >= 11 is 0. The molecule has 2 aliphatic rings. The third-order valence-corrected chi connectivity index (χ3v) is 7.48. The molecule has 178 valence electrons. The van der Waals surface area contributed by atoms with Gasteiger partial charge < -0.3 is 14.5 Å². The number of anilines is 1. The molecular formula is C23H29FN4O4S. The Morgan fingerprint density at radius 1 is 1.30 bits per heavy atom. The third-order valence-electron chi connectivity index (χ3n) is 5.90. The van der Waals surface area contributed by atoms with Gasteiger partial charge in [-0.2, -0.15) is 5.26 Å². The average molecular weight is 477 g/mol. The van der Waals surface area contributed by atoms with Crippen molar-refractivity contribution in [3.05, 3.63) is 53.1 Å². The number of allylic oxidation sites excluding steroid dienone is 1. The molecule has 0 aromatic heterocycles. The number of piperazine rings is 1. The maximum Gasteiger partial charge on any atom is 0.253 e. The molecule has 3 rings (SSSR count). The molecule has 2 N–H and O–H groups in total. The number of carbonyl (C=O) groups is 1. The number of hydrogen-bond acceptors (Lipinski definition) is 6. The summed E-state index contributed by atoms with van der Waals surface area (Å²) in [5.41, 5.74) is 0.908. The number of nitrogens with two attached hydrogens (primary N) is 1. The van der Waals surface area contributed by atoms with Gasteiger partial charge in [0.15, 0.2) is 0 Å². The van der Waals surface area contributed by atoms with Crippen molar-refractivity contribution < 1.29 is 22.3 Å². The number of nitriles is 1. The highest BCUT2D eigenvalue weighted by Crippen LogP contribution is 2.34. The lowest BCUT2D eigenvalue weighted by Crippen LogP contribution is -2.50. The molecule has 1 atom stereocenters. The van der Waals surface area contributed by atoms with Gasteiger partial charge in [-0.25, -0.2) is 17.9 Å². The van der Waals surface area contributed by atoms with E-state index in [1.165, 1.54) is 31.2 Å². The van der Waals surface area contributed by atoms with E-state index in [4.69, 9.17) is 15.1 Å². The number of benzene rings is 1. The standard InChI is InChI=1S/C23H29FN4O4S/c1-16(2)15-32-21-6-7-23(3,33(26,30)31)13-19(21)22(29)28-10-8-27(9-11-28)18-5-4-17(14-25)20(24)12-18/h4-7,12,16H,8-11,13,15H2,1-3H3,(H2,26,30,31). The van der Waals surface area contributed by atoms with Gasteiger partial charge in [0.25, 0.3) is 5.91 Å². The lowest BCUT2D eigenvalue weighted by Gasteiger charge is -2.38. The topological polar surface area (TPSA) is 117 Å². The summed E-state index contributed by atoms with van der Waals surface area (Å²) in [4.78, 5) is 17.0. The van der Waals surface area contributed by atoms with Crippen LogP contribution in [0.15, 0.2) is 41.7 Å². The SMILES string of the molecule is CC(C)COC1=C(C(=O)N2CCN(c3ccc(C#N)c(F)c3)CC2)CC(C)(S(N)(=O)=O)C=C1. The molecule has 1 aromatic rings. The van der Waals surface area contributed by atoms with Crippen LogP contribution in [0.5, 0.6) is 0 Å². The number of carbonyl (C=O) groups excluding carboxylic acids is 1. The van der Waals surface area contributed by atoms with Crippen LogP contribution in [-0.2, 0) is 19.6 Å². The molecule has 33 heavy (non-hydrogen) atoms. The first kappa shape index (κ1) is 24.7. The number of ether oxygens (including phenoxy) is 1. The van der Waals surface area contributed by atoms with Crippen LogP contribution in [0.3, 0.4) is 0 Å². The van der Waals surface area contributed by atoms with Crippen LogP contribution in [0.1, 0.15) is 32.8 Å². The molecule has 0 spiro atoms. The van der Waals surface area contributed by atoms with Gasteiger partial charge in [0.2, 0.25) is 10.0 Å². The number of primary sulfonamides is 1. The van der Waals surface area contributed by atoms with Crippen molar-refractivity contribution in [3.63, 3.8) is 0 Å². The number of sulfonamides is 1. The first-order valence-electron chi connectivity index (χ1n) is 10.8. The van der Waals surface area contributed by atoms with Gasteiger partial charge in [0, 0.05) is 38.3 Å². The van der Waals surface area contributed by atoms with E-state index in [9.17, 15) is 17.6 Å². The number of halogens is 1. The minimum absolute atomic E-state index is 0.0170. The normalized spacial score (nSPS) is 21.4. The summed E-state index contributed by atoms with van der Waals surface area (Å²) in [5.74, 6) is -0.280. The zero-order valence-electron chi connectivity index (χ0n) is 19.0. The monoisotopic (exact) mass is 476 g/mol. The third kappa shape index (κ3) is 5.37. The Morgan fingerprint density at radius 2 is 1.97 bits per heavy atom. The summed E-state index contributed by atoms with van der Waals surface area (Å²) < 4.78 is 42.8. The highest BCUT2D eigenvalue weighted by Gasteiger charge is 2.41. The van der Waals surface area contributed by atoms with E-state index in [2.05, 4.69) is 0 Å². The molecule has 1 heterocycles. The minimum atomic E-state index is -3.95. The maximum atomic E-state index is 14.0. The molecule has 8 nitrogen and oxygen atoms in total. The van der Waals surface area contributed by atoms with E-state index in [-0.39, 0.29) is 29.4 Å². The average Bonchev–Trinajstić information content (AvgIpc) is 2.77. The van der Waals surface area contributed by atoms with Crippen molar-refractivity contribution in [3.8, 4) is 6.07 Å². The Kier molecular flexibility index (Phi) is 7.14. The zero-order valence-corrected chi connectivity index (χ0v) is 19.9. The molecule has 1 saturated heterocycles. The summed E-state index contributed by atoms with van der Waals surface area (Å²) in [5, 5.41) is 14.3. The number of hydrogen-bond donors (Lipinski definition) is 1. The smallest absolute Gasteiger partial charge is 0.253 e. The lowest BCUT2D eigenvalue weighted by atomic mass is 9.92. The van der Waals surface area contributed by atoms with Gasteiger partial charge in [0.1, 0.15) is 22.4 Å². The van der Waals surface area contributed by atoms with Crippen LogP contribution in [0.2, 0.25) is 0 Å². The summed E-state index contributed by atoms with van der Waals surface area (Å²) in [6.07, 6.45) is 2.93. The van der Waals surface area contributed by atoms with Crippen LogP contribution in [-0.4, -0.2) is 56.8 Å². The highest BCUT2D eigenvalue weighted by molar-refractivity contribution is 7.90. The fourth-order valence-corrected chi connectivity index (χ4v) is 4.37. The molecule has 0 saturated carbocycles. The lowest BCUT2D eigenvalue weighted by molar-refractivity contribution is -0.127. The van der Waals surface area contributed by atoms with Crippen LogP contribution in [0, 0.1) is 23.1 Å². The predicted octanol–water partition coefficient (Wildman–Crippen LogP) is 2.28. The van der Waals surface area contributed by atoms with Crippen molar-refractivity contribution in [1.29, 1.82) is 5.26 Å². The predicted molar refractivity (Wildman–Crippen MR) is 123 cm³/mol. The van der Waals surface area contributed by atoms with Crippen molar-refractivity contribution in [2.45, 2.75) is 31.9 Å². The second kappa shape index (κ2) is 9.53. The Morgan fingerprint density at radius 3 is 2.52 bits per heavy atom. The fourth-order valence-electron chi connectivity index (χ4n) is 3.77. The van der Waals surface area contributed by atoms with E-state index in [0.717, 1.165) is 0 Å². The van der Waals surface area contributed by atoms with Gasteiger partial charge in [-0.1, -0.05) is 19.9 Å².